The zero-order valence-corrected chi connectivity index (χ0v) is 13.0. The van der Waals surface area contributed by atoms with Crippen molar-refractivity contribution in [2.24, 2.45) is 0 Å². The van der Waals surface area contributed by atoms with E-state index in [2.05, 4.69) is 54.0 Å². The first-order valence-electron chi connectivity index (χ1n) is 4.93. The van der Waals surface area contributed by atoms with Crippen molar-refractivity contribution in [1.29, 1.82) is 0 Å². The Morgan fingerprint density at radius 1 is 1.41 bits per heavy atom. The van der Waals surface area contributed by atoms with Crippen LogP contribution in [0, 0.1) is 0 Å². The summed E-state index contributed by atoms with van der Waals surface area (Å²) in [6.45, 7) is 0. The van der Waals surface area contributed by atoms with Crippen molar-refractivity contribution in [1.82, 2.24) is 9.97 Å². The Morgan fingerprint density at radius 3 is 2.88 bits per heavy atom. The maximum Gasteiger partial charge on any atom is 0.216 e. The van der Waals surface area contributed by atoms with Crippen LogP contribution in [0.5, 0.6) is 5.88 Å². The second kappa shape index (κ2) is 5.93. The number of thiophene rings is 1. The molecule has 0 aromatic carbocycles. The third-order valence-corrected chi connectivity index (χ3v) is 5.06. The Hall–Kier alpha value is -0.460. The van der Waals surface area contributed by atoms with Crippen LogP contribution >= 0.6 is 43.2 Å². The summed E-state index contributed by atoms with van der Waals surface area (Å²) in [4.78, 5) is 9.75. The predicted molar refractivity (Wildman–Crippen MR) is 76.0 cm³/mol. The summed E-state index contributed by atoms with van der Waals surface area (Å²) in [5.41, 5.74) is 0.961. The van der Waals surface area contributed by atoms with Gasteiger partial charge in [-0.1, -0.05) is 15.9 Å². The molecule has 0 amide bonds. The van der Waals surface area contributed by atoms with E-state index < -0.39 is 0 Å². The van der Waals surface area contributed by atoms with Gasteiger partial charge in [-0.2, -0.15) is 0 Å². The second-order valence-electron chi connectivity index (χ2n) is 3.37. The molecule has 0 aliphatic carbocycles. The smallest absolute Gasteiger partial charge is 0.216 e. The topological polar surface area (TPSA) is 35.0 Å². The van der Waals surface area contributed by atoms with Gasteiger partial charge >= 0.3 is 0 Å². The number of hydrogen-bond donors (Lipinski definition) is 0. The summed E-state index contributed by atoms with van der Waals surface area (Å²) >= 11 is 8.85. The third kappa shape index (κ3) is 3.50. The zero-order valence-electron chi connectivity index (χ0n) is 9.06. The first kappa shape index (κ1) is 13.0. The van der Waals surface area contributed by atoms with Crippen molar-refractivity contribution >= 4 is 43.2 Å². The SMILES string of the molecule is COc1cc(CC(Br)c2ccc(Br)s2)ncn1. The van der Waals surface area contributed by atoms with Crippen LogP contribution in [0.15, 0.2) is 28.3 Å². The average Bonchev–Trinajstić information content (AvgIpc) is 2.76. The average molecular weight is 378 g/mol. The van der Waals surface area contributed by atoms with E-state index in [0.717, 1.165) is 15.9 Å². The largest absolute Gasteiger partial charge is 0.481 e. The van der Waals surface area contributed by atoms with Crippen LogP contribution in [0.2, 0.25) is 0 Å². The van der Waals surface area contributed by atoms with E-state index in [1.807, 2.05) is 6.07 Å². The Morgan fingerprint density at radius 2 is 2.24 bits per heavy atom. The van der Waals surface area contributed by atoms with E-state index in [0.29, 0.717) is 5.88 Å². The van der Waals surface area contributed by atoms with Gasteiger partial charge in [-0.05, 0) is 28.1 Å². The van der Waals surface area contributed by atoms with Crippen LogP contribution in [-0.4, -0.2) is 17.1 Å². The highest BCUT2D eigenvalue weighted by atomic mass is 79.9. The summed E-state index contributed by atoms with van der Waals surface area (Å²) in [6, 6.07) is 6.01. The van der Waals surface area contributed by atoms with Crippen molar-refractivity contribution in [3.05, 3.63) is 38.9 Å². The number of hydrogen-bond acceptors (Lipinski definition) is 4. The molecule has 2 rings (SSSR count). The van der Waals surface area contributed by atoms with E-state index in [4.69, 9.17) is 4.74 Å². The van der Waals surface area contributed by atoms with Gasteiger partial charge in [-0.25, -0.2) is 9.97 Å². The molecule has 90 valence electrons. The fourth-order valence-electron chi connectivity index (χ4n) is 1.38. The fraction of sp³-hybridized carbons (Fsp3) is 0.273. The molecule has 6 heteroatoms. The summed E-state index contributed by atoms with van der Waals surface area (Å²) < 4.78 is 6.21. The predicted octanol–water partition coefficient (Wildman–Crippen LogP) is 3.99. The first-order chi connectivity index (χ1) is 8.19. The van der Waals surface area contributed by atoms with Crippen LogP contribution in [0.4, 0.5) is 0 Å². The van der Waals surface area contributed by atoms with Crippen LogP contribution in [0.25, 0.3) is 0 Å². The lowest BCUT2D eigenvalue weighted by Crippen LogP contribution is -1.98. The minimum Gasteiger partial charge on any atom is -0.481 e. The van der Waals surface area contributed by atoms with Gasteiger partial charge in [0.25, 0.3) is 0 Å². The Bertz CT molecular complexity index is 504. The van der Waals surface area contributed by atoms with Gasteiger partial charge in [-0.3, -0.25) is 0 Å². The molecule has 1 unspecified atom stereocenters. The number of nitrogens with zero attached hydrogens (tertiary/aromatic N) is 2. The number of halogens is 2. The normalized spacial score (nSPS) is 12.4. The lowest BCUT2D eigenvalue weighted by molar-refractivity contribution is 0.396. The minimum atomic E-state index is 0.262. The van der Waals surface area contributed by atoms with E-state index >= 15 is 0 Å². The molecule has 2 aromatic rings. The summed E-state index contributed by atoms with van der Waals surface area (Å²) in [5, 5.41) is 0. The Kier molecular flexibility index (Phi) is 4.53. The molecule has 3 nitrogen and oxygen atoms in total. The number of alkyl halides is 1. The quantitative estimate of drug-likeness (QED) is 0.755. The Balaban J connectivity index is 2.09. The summed E-state index contributed by atoms with van der Waals surface area (Å²) in [5.74, 6) is 0.599. The zero-order chi connectivity index (χ0) is 12.3. The van der Waals surface area contributed by atoms with Crippen molar-refractivity contribution in [2.45, 2.75) is 11.2 Å². The standard InChI is InChI=1S/C11H10Br2N2OS/c1-16-11-5-7(14-6-15-11)4-8(12)9-2-3-10(13)17-9/h2-3,5-6,8H,4H2,1H3. The highest BCUT2D eigenvalue weighted by Crippen LogP contribution is 2.34. The molecule has 0 spiro atoms. The number of ether oxygens (including phenoxy) is 1. The number of aromatic nitrogens is 2. The van der Waals surface area contributed by atoms with Crippen LogP contribution < -0.4 is 4.74 Å². The number of rotatable bonds is 4. The summed E-state index contributed by atoms with van der Waals surface area (Å²) in [7, 11) is 1.61. The maximum atomic E-state index is 5.07. The van der Waals surface area contributed by atoms with E-state index in [1.54, 1.807) is 18.4 Å². The summed E-state index contributed by atoms with van der Waals surface area (Å²) in [6.07, 6.45) is 2.34. The molecule has 0 aliphatic rings. The molecule has 1 atom stereocenters. The van der Waals surface area contributed by atoms with E-state index in [-0.39, 0.29) is 4.83 Å². The van der Waals surface area contributed by atoms with Crippen LogP contribution in [-0.2, 0) is 6.42 Å². The van der Waals surface area contributed by atoms with Crippen molar-refractivity contribution in [3.63, 3.8) is 0 Å². The molecule has 0 N–H and O–H groups in total. The molecule has 0 saturated carbocycles. The fourth-order valence-corrected chi connectivity index (χ4v) is 3.55. The van der Waals surface area contributed by atoms with Gasteiger partial charge in [0.05, 0.1) is 15.7 Å². The lowest BCUT2D eigenvalue weighted by Gasteiger charge is -2.07. The molecule has 17 heavy (non-hydrogen) atoms. The van der Waals surface area contributed by atoms with Gasteiger partial charge in [0.1, 0.15) is 6.33 Å². The van der Waals surface area contributed by atoms with Gasteiger partial charge in [-0.15, -0.1) is 11.3 Å². The molecule has 2 aromatic heterocycles. The molecular formula is C11H10Br2N2OS. The van der Waals surface area contributed by atoms with Crippen molar-refractivity contribution < 1.29 is 4.74 Å². The van der Waals surface area contributed by atoms with Crippen molar-refractivity contribution in [2.75, 3.05) is 7.11 Å². The molecule has 2 heterocycles. The van der Waals surface area contributed by atoms with Gasteiger partial charge in [0.2, 0.25) is 5.88 Å². The molecule has 0 fully saturated rings. The lowest BCUT2D eigenvalue weighted by atomic mass is 10.2. The minimum absolute atomic E-state index is 0.262. The van der Waals surface area contributed by atoms with Gasteiger partial charge < -0.3 is 4.74 Å². The molecule has 0 saturated heterocycles. The molecule has 0 bridgehead atoms. The monoisotopic (exact) mass is 376 g/mol. The van der Waals surface area contributed by atoms with Crippen LogP contribution in [0.3, 0.4) is 0 Å². The third-order valence-electron chi connectivity index (χ3n) is 2.20. The highest BCUT2D eigenvalue weighted by Gasteiger charge is 2.12. The highest BCUT2D eigenvalue weighted by molar-refractivity contribution is 9.11. The first-order valence-corrected chi connectivity index (χ1v) is 7.46. The van der Waals surface area contributed by atoms with Crippen molar-refractivity contribution in [3.8, 4) is 5.88 Å². The van der Waals surface area contributed by atoms with Crippen LogP contribution in [0.1, 0.15) is 15.4 Å². The Labute approximate surface area is 121 Å². The second-order valence-corrected chi connectivity index (χ2v) is 6.97. The number of methoxy groups -OCH3 is 1. The van der Waals surface area contributed by atoms with Gasteiger partial charge in [0, 0.05) is 23.1 Å². The molecular weight excluding hydrogens is 368 g/mol. The van der Waals surface area contributed by atoms with Gasteiger partial charge in [0.15, 0.2) is 0 Å². The molecule has 0 radical (unpaired) electrons. The van der Waals surface area contributed by atoms with E-state index in [1.165, 1.54) is 11.2 Å². The van der Waals surface area contributed by atoms with E-state index in [9.17, 15) is 0 Å². The molecule has 0 aliphatic heterocycles. The maximum absolute atomic E-state index is 5.07.